The third-order valence-corrected chi connectivity index (χ3v) is 4.74. The smallest absolute Gasteiger partial charge is 0.0642 e. The topological polar surface area (TPSA) is 15.3 Å². The van der Waals surface area contributed by atoms with Gasteiger partial charge in [-0.25, -0.2) is 0 Å². The molecule has 0 radical (unpaired) electrons. The highest BCUT2D eigenvalue weighted by atomic mass is 35.5. The SMILES string of the molecule is CC(C)NCc1cccc(Cl)c1N(CC1CC1)CC1CC1. The van der Waals surface area contributed by atoms with Gasteiger partial charge in [0.05, 0.1) is 10.7 Å². The van der Waals surface area contributed by atoms with Gasteiger partial charge in [-0.05, 0) is 49.1 Å². The molecule has 2 saturated carbocycles. The van der Waals surface area contributed by atoms with Crippen molar-refractivity contribution in [1.82, 2.24) is 5.32 Å². The molecule has 21 heavy (non-hydrogen) atoms. The van der Waals surface area contributed by atoms with E-state index in [0.717, 1.165) is 23.4 Å². The highest BCUT2D eigenvalue weighted by Crippen LogP contribution is 2.39. The predicted molar refractivity (Wildman–Crippen MR) is 91.1 cm³/mol. The van der Waals surface area contributed by atoms with E-state index in [0.29, 0.717) is 6.04 Å². The second kappa shape index (κ2) is 6.58. The lowest BCUT2D eigenvalue weighted by Crippen LogP contribution is -2.31. The molecule has 0 aromatic heterocycles. The number of nitrogens with zero attached hydrogens (tertiary/aromatic N) is 1. The van der Waals surface area contributed by atoms with Gasteiger partial charge in [-0.3, -0.25) is 0 Å². The van der Waals surface area contributed by atoms with Crippen LogP contribution in [0.15, 0.2) is 18.2 Å². The van der Waals surface area contributed by atoms with Crippen LogP contribution in [0, 0.1) is 11.8 Å². The molecule has 0 saturated heterocycles. The van der Waals surface area contributed by atoms with Crippen LogP contribution in [0.1, 0.15) is 45.1 Å². The molecule has 1 N–H and O–H groups in total. The molecule has 1 aromatic rings. The minimum absolute atomic E-state index is 0.497. The van der Waals surface area contributed by atoms with E-state index >= 15 is 0 Å². The molecule has 0 atom stereocenters. The van der Waals surface area contributed by atoms with Gasteiger partial charge in [-0.2, -0.15) is 0 Å². The average molecular weight is 307 g/mol. The van der Waals surface area contributed by atoms with Crippen molar-refractivity contribution in [1.29, 1.82) is 0 Å². The van der Waals surface area contributed by atoms with E-state index in [9.17, 15) is 0 Å². The fraction of sp³-hybridized carbons (Fsp3) is 0.667. The number of nitrogens with one attached hydrogen (secondary N) is 1. The first-order valence-electron chi connectivity index (χ1n) is 8.39. The molecule has 2 aliphatic carbocycles. The van der Waals surface area contributed by atoms with E-state index in [2.05, 4.69) is 36.2 Å². The standard InChI is InChI=1S/C18H27ClN2/c1-13(2)20-10-16-4-3-5-17(19)18(16)21(11-14-6-7-14)12-15-8-9-15/h3-5,13-15,20H,6-12H2,1-2H3. The van der Waals surface area contributed by atoms with E-state index in [1.165, 1.54) is 50.0 Å². The van der Waals surface area contributed by atoms with Gasteiger partial charge in [-0.1, -0.05) is 37.6 Å². The van der Waals surface area contributed by atoms with E-state index in [4.69, 9.17) is 11.6 Å². The normalized spacial score (nSPS) is 18.3. The Bertz CT molecular complexity index is 464. The molecule has 1 aromatic carbocycles. The Labute approximate surface area is 133 Å². The van der Waals surface area contributed by atoms with Crippen molar-refractivity contribution >= 4 is 17.3 Å². The highest BCUT2D eigenvalue weighted by molar-refractivity contribution is 6.33. The van der Waals surface area contributed by atoms with E-state index in [1.54, 1.807) is 0 Å². The summed E-state index contributed by atoms with van der Waals surface area (Å²) in [6.45, 7) is 7.66. The van der Waals surface area contributed by atoms with Crippen molar-refractivity contribution in [2.75, 3.05) is 18.0 Å². The number of rotatable bonds is 8. The van der Waals surface area contributed by atoms with Crippen LogP contribution < -0.4 is 10.2 Å². The fourth-order valence-corrected chi connectivity index (χ4v) is 3.17. The maximum atomic E-state index is 6.58. The van der Waals surface area contributed by atoms with Crippen LogP contribution in [0.4, 0.5) is 5.69 Å². The summed E-state index contributed by atoms with van der Waals surface area (Å²) in [5.41, 5.74) is 2.63. The van der Waals surface area contributed by atoms with Crippen molar-refractivity contribution < 1.29 is 0 Å². The van der Waals surface area contributed by atoms with Gasteiger partial charge in [0.1, 0.15) is 0 Å². The van der Waals surface area contributed by atoms with E-state index in [-0.39, 0.29) is 0 Å². The molecular formula is C18H27ClN2. The van der Waals surface area contributed by atoms with Gasteiger partial charge in [0.2, 0.25) is 0 Å². The first kappa shape index (κ1) is 15.2. The Balaban J connectivity index is 1.80. The molecule has 2 nitrogen and oxygen atoms in total. The number of anilines is 1. The Kier molecular flexibility index (Phi) is 4.75. The van der Waals surface area contributed by atoms with Gasteiger partial charge in [0, 0.05) is 25.7 Å². The minimum Gasteiger partial charge on any atom is -0.370 e. The quantitative estimate of drug-likeness (QED) is 0.762. The van der Waals surface area contributed by atoms with E-state index in [1.807, 2.05) is 6.07 Å². The van der Waals surface area contributed by atoms with Crippen molar-refractivity contribution in [3.63, 3.8) is 0 Å². The van der Waals surface area contributed by atoms with Crippen molar-refractivity contribution in [2.45, 2.75) is 52.1 Å². The number of hydrogen-bond acceptors (Lipinski definition) is 2. The maximum Gasteiger partial charge on any atom is 0.0642 e. The Morgan fingerprint density at radius 1 is 1.14 bits per heavy atom. The van der Waals surface area contributed by atoms with Crippen LogP contribution >= 0.6 is 11.6 Å². The Hall–Kier alpha value is -0.730. The monoisotopic (exact) mass is 306 g/mol. The predicted octanol–water partition coefficient (Wildman–Crippen LogP) is 4.46. The summed E-state index contributed by atoms with van der Waals surface area (Å²) >= 11 is 6.58. The average Bonchev–Trinajstić information content (AvgIpc) is 3.31. The molecule has 0 unspecified atom stereocenters. The summed E-state index contributed by atoms with van der Waals surface area (Å²) in [5, 5.41) is 4.45. The second-order valence-electron chi connectivity index (χ2n) is 7.07. The van der Waals surface area contributed by atoms with Gasteiger partial charge in [0.25, 0.3) is 0 Å². The zero-order chi connectivity index (χ0) is 14.8. The molecular weight excluding hydrogens is 280 g/mol. The summed E-state index contributed by atoms with van der Waals surface area (Å²) in [6.07, 6.45) is 5.58. The minimum atomic E-state index is 0.497. The van der Waals surface area contributed by atoms with Crippen LogP contribution in [0.5, 0.6) is 0 Å². The molecule has 0 bridgehead atoms. The first-order valence-corrected chi connectivity index (χ1v) is 8.77. The summed E-state index contributed by atoms with van der Waals surface area (Å²) in [6, 6.07) is 6.85. The lowest BCUT2D eigenvalue weighted by molar-refractivity contribution is 0.586. The number of benzene rings is 1. The number of halogens is 1. The molecule has 0 heterocycles. The lowest BCUT2D eigenvalue weighted by atomic mass is 10.1. The number of para-hydroxylation sites is 1. The van der Waals surface area contributed by atoms with Gasteiger partial charge < -0.3 is 10.2 Å². The van der Waals surface area contributed by atoms with Crippen LogP contribution in [0.2, 0.25) is 5.02 Å². The van der Waals surface area contributed by atoms with Crippen LogP contribution in [-0.4, -0.2) is 19.1 Å². The molecule has 116 valence electrons. The maximum absolute atomic E-state index is 6.58. The van der Waals surface area contributed by atoms with Crippen molar-refractivity contribution in [3.8, 4) is 0 Å². The molecule has 2 fully saturated rings. The largest absolute Gasteiger partial charge is 0.370 e. The Morgan fingerprint density at radius 2 is 1.76 bits per heavy atom. The third-order valence-electron chi connectivity index (χ3n) is 4.44. The molecule has 0 aliphatic heterocycles. The fourth-order valence-electron chi connectivity index (χ4n) is 2.85. The second-order valence-corrected chi connectivity index (χ2v) is 7.48. The zero-order valence-corrected chi connectivity index (χ0v) is 14.0. The van der Waals surface area contributed by atoms with E-state index < -0.39 is 0 Å². The molecule has 0 spiro atoms. The van der Waals surface area contributed by atoms with Crippen molar-refractivity contribution in [3.05, 3.63) is 28.8 Å². The number of hydrogen-bond donors (Lipinski definition) is 1. The Morgan fingerprint density at radius 3 is 2.29 bits per heavy atom. The van der Waals surface area contributed by atoms with Crippen molar-refractivity contribution in [2.24, 2.45) is 11.8 Å². The van der Waals surface area contributed by atoms with Crippen LogP contribution in [0.25, 0.3) is 0 Å². The van der Waals surface area contributed by atoms with Crippen LogP contribution in [0.3, 0.4) is 0 Å². The third kappa shape index (κ3) is 4.37. The molecule has 2 aliphatic rings. The summed E-state index contributed by atoms with van der Waals surface area (Å²) in [7, 11) is 0. The molecule has 0 amide bonds. The van der Waals surface area contributed by atoms with Crippen LogP contribution in [-0.2, 0) is 6.54 Å². The summed E-state index contributed by atoms with van der Waals surface area (Å²) in [4.78, 5) is 2.58. The zero-order valence-electron chi connectivity index (χ0n) is 13.2. The lowest BCUT2D eigenvalue weighted by Gasteiger charge is -2.29. The van der Waals surface area contributed by atoms with Gasteiger partial charge in [0.15, 0.2) is 0 Å². The summed E-state index contributed by atoms with van der Waals surface area (Å²) in [5.74, 6) is 1.79. The van der Waals surface area contributed by atoms with Gasteiger partial charge in [-0.15, -0.1) is 0 Å². The highest BCUT2D eigenvalue weighted by Gasteiger charge is 2.30. The first-order chi connectivity index (χ1) is 10.1. The summed E-state index contributed by atoms with van der Waals surface area (Å²) < 4.78 is 0. The van der Waals surface area contributed by atoms with Gasteiger partial charge >= 0.3 is 0 Å². The molecule has 3 rings (SSSR count). The molecule has 3 heteroatoms.